The summed E-state index contributed by atoms with van der Waals surface area (Å²) >= 11 is 0. The Labute approximate surface area is 41.6 Å². The van der Waals surface area contributed by atoms with Crippen molar-refractivity contribution in [2.75, 3.05) is 0 Å². The van der Waals surface area contributed by atoms with Crippen molar-refractivity contribution in [1.82, 2.24) is 0 Å². The average Bonchev–Trinajstić information content (AvgIpc) is 0.811. The van der Waals surface area contributed by atoms with Crippen molar-refractivity contribution < 1.29 is 12.4 Å². The molecule has 0 atom stereocenters. The Bertz CT molecular complexity index is 11.6. The molecule has 0 nitrogen and oxygen atoms in total. The first-order valence-corrected chi connectivity index (χ1v) is 4.50. The van der Waals surface area contributed by atoms with Gasteiger partial charge in [0.15, 0.2) is 0 Å². The molecule has 0 aromatic carbocycles. The third kappa shape index (κ3) is 110. The standard InChI is InChI=1S/C3H9Si.ClH/c1-4(2)3;/h1-3H3;1H/p-1. The minimum Gasteiger partial charge on any atom is -1.00 e. The molecule has 0 unspecified atom stereocenters. The first-order chi connectivity index (χ1) is 1.73. The quantitative estimate of drug-likeness (QED) is 0.327. The molecule has 0 aliphatic carbocycles. The second kappa shape index (κ2) is 4.51. The van der Waals surface area contributed by atoms with Crippen LogP contribution in [0, 0.1) is 0 Å². The molecule has 33 valence electrons. The third-order valence-corrected chi connectivity index (χ3v) is 0. The van der Waals surface area contributed by atoms with E-state index in [1.165, 1.54) is 0 Å². The van der Waals surface area contributed by atoms with Crippen molar-refractivity contribution in [1.29, 1.82) is 0 Å². The molecule has 0 saturated heterocycles. The fourth-order valence-corrected chi connectivity index (χ4v) is 0. The van der Waals surface area contributed by atoms with Crippen LogP contribution >= 0.6 is 0 Å². The zero-order chi connectivity index (χ0) is 3.58. The zero-order valence-electron chi connectivity index (χ0n) is 3.88. The van der Waals surface area contributed by atoms with E-state index in [1.807, 2.05) is 0 Å². The van der Waals surface area contributed by atoms with Gasteiger partial charge in [-0.05, 0) is 0 Å². The average molecular weight is 109 g/mol. The molecule has 1 radical (unpaired) electrons. The van der Waals surface area contributed by atoms with Gasteiger partial charge in [0.25, 0.3) is 0 Å². The number of rotatable bonds is 0. The molecule has 0 amide bonds. The molecular formula is C3H9ClSi-. The third-order valence-electron chi connectivity index (χ3n) is 0. The molecule has 0 rings (SSSR count). The highest BCUT2D eigenvalue weighted by atomic mass is 35.5. The van der Waals surface area contributed by atoms with Crippen LogP contribution in [-0.2, 0) is 0 Å². The van der Waals surface area contributed by atoms with Crippen LogP contribution in [0.4, 0.5) is 0 Å². The lowest BCUT2D eigenvalue weighted by Gasteiger charge is -1.75. The normalized spacial score (nSPS) is 7.20. The Morgan fingerprint density at radius 2 is 1.00 bits per heavy atom. The highest BCUT2D eigenvalue weighted by Crippen LogP contribution is 1.68. The predicted octanol–water partition coefficient (Wildman–Crippen LogP) is -1.63. The summed E-state index contributed by atoms with van der Waals surface area (Å²) < 4.78 is 0. The zero-order valence-corrected chi connectivity index (χ0v) is 5.63. The van der Waals surface area contributed by atoms with Crippen molar-refractivity contribution in [3.05, 3.63) is 0 Å². The van der Waals surface area contributed by atoms with E-state index in [-0.39, 0.29) is 21.2 Å². The van der Waals surface area contributed by atoms with Gasteiger partial charge in [-0.25, -0.2) is 0 Å². The van der Waals surface area contributed by atoms with Crippen LogP contribution in [0.15, 0.2) is 0 Å². The van der Waals surface area contributed by atoms with E-state index in [1.54, 1.807) is 0 Å². The van der Waals surface area contributed by atoms with Crippen LogP contribution in [0.25, 0.3) is 0 Å². The first-order valence-electron chi connectivity index (χ1n) is 1.50. The van der Waals surface area contributed by atoms with Crippen molar-refractivity contribution in [2.24, 2.45) is 0 Å². The van der Waals surface area contributed by atoms with Gasteiger partial charge in [0, 0.05) is 8.80 Å². The molecule has 0 saturated carbocycles. The van der Waals surface area contributed by atoms with Crippen LogP contribution in [0.1, 0.15) is 0 Å². The lowest BCUT2D eigenvalue weighted by atomic mass is 11.8. The van der Waals surface area contributed by atoms with Crippen molar-refractivity contribution in [3.63, 3.8) is 0 Å². The Morgan fingerprint density at radius 1 is 1.00 bits per heavy atom. The Morgan fingerprint density at radius 3 is 1.00 bits per heavy atom. The first kappa shape index (κ1) is 9.10. The Kier molecular flexibility index (Phi) is 8.20. The van der Waals surface area contributed by atoms with Crippen molar-refractivity contribution in [2.45, 2.75) is 19.6 Å². The van der Waals surface area contributed by atoms with E-state index in [0.29, 0.717) is 0 Å². The smallest absolute Gasteiger partial charge is 0.0379 e. The van der Waals surface area contributed by atoms with Gasteiger partial charge in [-0.2, -0.15) is 0 Å². The van der Waals surface area contributed by atoms with Gasteiger partial charge >= 0.3 is 0 Å². The maximum Gasteiger partial charge on any atom is 0.0379 e. The van der Waals surface area contributed by atoms with Crippen LogP contribution < -0.4 is 12.4 Å². The molecule has 0 fully saturated rings. The van der Waals surface area contributed by atoms with Gasteiger partial charge in [-0.1, -0.05) is 19.6 Å². The van der Waals surface area contributed by atoms with Gasteiger partial charge in [0.05, 0.1) is 0 Å². The maximum atomic E-state index is 2.27. The van der Waals surface area contributed by atoms with E-state index in [0.717, 1.165) is 0 Å². The number of hydrogen-bond donors (Lipinski definition) is 0. The molecule has 5 heavy (non-hydrogen) atoms. The molecular weight excluding hydrogens is 99.6 g/mol. The number of hydrogen-bond acceptors (Lipinski definition) is 0. The Balaban J connectivity index is 0. The van der Waals surface area contributed by atoms with Gasteiger partial charge in [0.1, 0.15) is 0 Å². The summed E-state index contributed by atoms with van der Waals surface area (Å²) in [6.07, 6.45) is 0. The summed E-state index contributed by atoms with van der Waals surface area (Å²) in [5.41, 5.74) is 0. The lowest BCUT2D eigenvalue weighted by molar-refractivity contribution is -0.00000112. The van der Waals surface area contributed by atoms with E-state index < -0.39 is 0 Å². The van der Waals surface area contributed by atoms with Gasteiger partial charge < -0.3 is 12.4 Å². The molecule has 0 aliphatic rings. The highest BCUT2D eigenvalue weighted by molar-refractivity contribution is 6.54. The topological polar surface area (TPSA) is 0 Å². The van der Waals surface area contributed by atoms with E-state index >= 15 is 0 Å². The maximum absolute atomic E-state index is 2.27. The van der Waals surface area contributed by atoms with Gasteiger partial charge in [0.2, 0.25) is 0 Å². The summed E-state index contributed by atoms with van der Waals surface area (Å²) in [6.45, 7) is 6.81. The monoisotopic (exact) mass is 108 g/mol. The van der Waals surface area contributed by atoms with E-state index in [2.05, 4.69) is 19.6 Å². The summed E-state index contributed by atoms with van der Waals surface area (Å²) in [5.74, 6) is 0. The van der Waals surface area contributed by atoms with Crippen LogP contribution in [-0.4, -0.2) is 8.80 Å². The molecule has 0 spiro atoms. The molecule has 0 bridgehead atoms. The molecule has 0 aliphatic heterocycles. The van der Waals surface area contributed by atoms with Gasteiger partial charge in [-0.3, -0.25) is 0 Å². The second-order valence-electron chi connectivity index (χ2n) is 1.50. The summed E-state index contributed by atoms with van der Waals surface area (Å²) in [7, 11) is 0.120. The molecule has 0 heterocycles. The van der Waals surface area contributed by atoms with Gasteiger partial charge in [-0.15, -0.1) is 0 Å². The molecule has 2 heteroatoms. The lowest BCUT2D eigenvalue weighted by Crippen LogP contribution is -3.00. The summed E-state index contributed by atoms with van der Waals surface area (Å²) in [5, 5.41) is 0. The summed E-state index contributed by atoms with van der Waals surface area (Å²) in [6, 6.07) is 0. The predicted molar refractivity (Wildman–Crippen MR) is 23.3 cm³/mol. The Hall–Kier alpha value is 0.507. The minimum atomic E-state index is 0. The molecule has 0 aromatic rings. The van der Waals surface area contributed by atoms with E-state index in [4.69, 9.17) is 0 Å². The van der Waals surface area contributed by atoms with E-state index in [9.17, 15) is 0 Å². The molecule has 0 N–H and O–H groups in total. The van der Waals surface area contributed by atoms with Crippen molar-refractivity contribution >= 4 is 8.80 Å². The highest BCUT2D eigenvalue weighted by Gasteiger charge is 1.72. The molecule has 0 aromatic heterocycles. The van der Waals surface area contributed by atoms with Crippen LogP contribution in [0.3, 0.4) is 0 Å². The summed E-state index contributed by atoms with van der Waals surface area (Å²) in [4.78, 5) is 0. The number of halogens is 1. The van der Waals surface area contributed by atoms with Crippen molar-refractivity contribution in [3.8, 4) is 0 Å². The SMILES string of the molecule is C[Si](C)C.[Cl-]. The second-order valence-corrected chi connectivity index (χ2v) is 4.50. The van der Waals surface area contributed by atoms with Crippen LogP contribution in [0.5, 0.6) is 0 Å². The fourth-order valence-electron chi connectivity index (χ4n) is 0. The minimum absolute atomic E-state index is 0. The van der Waals surface area contributed by atoms with Crippen LogP contribution in [0.2, 0.25) is 19.6 Å². The fraction of sp³-hybridized carbons (Fsp3) is 1.00. The largest absolute Gasteiger partial charge is 1.00 e.